The lowest BCUT2D eigenvalue weighted by atomic mass is 10.2. The maximum absolute atomic E-state index is 11.7. The highest BCUT2D eigenvalue weighted by molar-refractivity contribution is 14.0. The first-order valence-corrected chi connectivity index (χ1v) is 8.89. The number of halogens is 2. The van der Waals surface area contributed by atoms with Gasteiger partial charge in [-0.25, -0.2) is 0 Å². The van der Waals surface area contributed by atoms with E-state index < -0.39 is 5.60 Å². The standard InChI is InChI=1S/C18H27ClN4O2.HI/c1-18(2,3)25-16(24)8-9-21-17(20)23-12-10-22(11-13-23)15-6-4-14(19)5-7-15;/h4-7H,8-13H2,1-3H3,(H2,20,21);1H. The van der Waals surface area contributed by atoms with Gasteiger partial charge in [-0.3, -0.25) is 9.79 Å². The molecule has 1 aromatic rings. The van der Waals surface area contributed by atoms with Crippen molar-refractivity contribution in [1.82, 2.24) is 4.90 Å². The monoisotopic (exact) mass is 494 g/mol. The molecule has 0 aromatic heterocycles. The third kappa shape index (κ3) is 7.57. The minimum Gasteiger partial charge on any atom is -0.460 e. The minimum atomic E-state index is -0.468. The second-order valence-corrected chi connectivity index (χ2v) is 7.46. The fourth-order valence-electron chi connectivity index (χ4n) is 2.60. The van der Waals surface area contributed by atoms with Gasteiger partial charge >= 0.3 is 5.97 Å². The summed E-state index contributed by atoms with van der Waals surface area (Å²) in [5, 5.41) is 0.740. The molecule has 0 atom stereocenters. The molecule has 0 aliphatic carbocycles. The van der Waals surface area contributed by atoms with Crippen molar-refractivity contribution in [3.8, 4) is 0 Å². The van der Waals surface area contributed by atoms with Crippen LogP contribution in [0.15, 0.2) is 29.3 Å². The number of aliphatic imine (C=N–C) groups is 1. The molecule has 0 spiro atoms. The molecule has 0 bridgehead atoms. The van der Waals surface area contributed by atoms with Crippen LogP contribution in [0.1, 0.15) is 27.2 Å². The first-order valence-electron chi connectivity index (χ1n) is 8.52. The van der Waals surface area contributed by atoms with Crippen molar-refractivity contribution in [2.24, 2.45) is 10.7 Å². The van der Waals surface area contributed by atoms with Crippen LogP contribution in [-0.4, -0.2) is 55.2 Å². The topological polar surface area (TPSA) is 71.2 Å². The zero-order valence-corrected chi connectivity index (χ0v) is 18.7. The number of anilines is 1. The third-order valence-electron chi connectivity index (χ3n) is 3.81. The number of hydrogen-bond acceptors (Lipinski definition) is 4. The molecule has 2 N–H and O–H groups in total. The van der Waals surface area contributed by atoms with Crippen LogP contribution in [-0.2, 0) is 9.53 Å². The summed E-state index contributed by atoms with van der Waals surface area (Å²) in [5.74, 6) is 0.232. The van der Waals surface area contributed by atoms with E-state index in [0.29, 0.717) is 12.5 Å². The first-order chi connectivity index (χ1) is 11.7. The molecule has 1 aliphatic rings. The number of piperazine rings is 1. The summed E-state index contributed by atoms with van der Waals surface area (Å²) in [6, 6.07) is 7.85. The molecule has 8 heteroatoms. The number of carbonyl (C=O) groups excluding carboxylic acids is 1. The van der Waals surface area contributed by atoms with Crippen LogP contribution in [0.4, 0.5) is 5.69 Å². The molecule has 1 heterocycles. The third-order valence-corrected chi connectivity index (χ3v) is 4.06. The number of ether oxygens (including phenoxy) is 1. The number of nitrogens with two attached hydrogens (primary N) is 1. The van der Waals surface area contributed by atoms with Gasteiger partial charge in [0.2, 0.25) is 0 Å². The zero-order chi connectivity index (χ0) is 18.4. The van der Waals surface area contributed by atoms with Gasteiger partial charge in [-0.05, 0) is 45.0 Å². The quantitative estimate of drug-likeness (QED) is 0.301. The van der Waals surface area contributed by atoms with E-state index in [0.717, 1.165) is 36.9 Å². The summed E-state index contributed by atoms with van der Waals surface area (Å²) < 4.78 is 5.26. The summed E-state index contributed by atoms with van der Waals surface area (Å²) in [4.78, 5) is 20.3. The Balaban J connectivity index is 0.00000338. The van der Waals surface area contributed by atoms with Gasteiger partial charge in [-0.1, -0.05) is 11.6 Å². The number of benzene rings is 1. The molecule has 1 fully saturated rings. The van der Waals surface area contributed by atoms with Crippen molar-refractivity contribution < 1.29 is 9.53 Å². The molecule has 0 saturated carbocycles. The molecule has 2 rings (SSSR count). The summed E-state index contributed by atoms with van der Waals surface area (Å²) in [7, 11) is 0. The van der Waals surface area contributed by atoms with E-state index in [9.17, 15) is 4.79 Å². The first kappa shape index (κ1) is 22.8. The van der Waals surface area contributed by atoms with E-state index >= 15 is 0 Å². The van der Waals surface area contributed by atoms with Gasteiger partial charge < -0.3 is 20.3 Å². The molecule has 0 amide bonds. The van der Waals surface area contributed by atoms with E-state index in [1.54, 1.807) is 0 Å². The van der Waals surface area contributed by atoms with Crippen molar-refractivity contribution in [3.63, 3.8) is 0 Å². The van der Waals surface area contributed by atoms with Crippen LogP contribution in [0.3, 0.4) is 0 Å². The van der Waals surface area contributed by atoms with Crippen LogP contribution >= 0.6 is 35.6 Å². The molecule has 6 nitrogen and oxygen atoms in total. The maximum Gasteiger partial charge on any atom is 0.308 e. The second kappa shape index (κ2) is 10.2. The number of esters is 1. The Morgan fingerprint density at radius 1 is 1.19 bits per heavy atom. The Morgan fingerprint density at radius 2 is 1.77 bits per heavy atom. The Kier molecular flexibility index (Phi) is 8.95. The molecular weight excluding hydrogens is 467 g/mol. The van der Waals surface area contributed by atoms with Crippen molar-refractivity contribution in [3.05, 3.63) is 29.3 Å². The fourth-order valence-corrected chi connectivity index (χ4v) is 2.73. The normalized spacial score (nSPS) is 15.5. The predicted molar refractivity (Wildman–Crippen MR) is 118 cm³/mol. The van der Waals surface area contributed by atoms with E-state index in [2.05, 4.69) is 9.89 Å². The lowest BCUT2D eigenvalue weighted by Gasteiger charge is -2.36. The lowest BCUT2D eigenvalue weighted by Crippen LogP contribution is -2.51. The molecule has 1 saturated heterocycles. The predicted octanol–water partition coefficient (Wildman–Crippen LogP) is 3.13. The number of hydrogen-bond donors (Lipinski definition) is 1. The van der Waals surface area contributed by atoms with Crippen molar-refractivity contribution in [1.29, 1.82) is 0 Å². The Bertz CT molecular complexity index is 609. The van der Waals surface area contributed by atoms with Gasteiger partial charge in [0.15, 0.2) is 5.96 Å². The van der Waals surface area contributed by atoms with Gasteiger partial charge in [-0.15, -0.1) is 24.0 Å². The van der Waals surface area contributed by atoms with Gasteiger partial charge in [0.05, 0.1) is 13.0 Å². The maximum atomic E-state index is 11.7. The SMILES string of the molecule is CC(C)(C)OC(=O)CCN=C(N)N1CCN(c2ccc(Cl)cc2)CC1.I. The largest absolute Gasteiger partial charge is 0.460 e. The van der Waals surface area contributed by atoms with Crippen molar-refractivity contribution >= 4 is 53.2 Å². The lowest BCUT2D eigenvalue weighted by molar-refractivity contribution is -0.154. The Hall–Kier alpha value is -1.22. The van der Waals surface area contributed by atoms with E-state index in [-0.39, 0.29) is 36.4 Å². The highest BCUT2D eigenvalue weighted by Crippen LogP contribution is 2.19. The molecule has 1 aromatic carbocycles. The highest BCUT2D eigenvalue weighted by Gasteiger charge is 2.19. The Labute approximate surface area is 177 Å². The van der Waals surface area contributed by atoms with Crippen molar-refractivity contribution in [2.75, 3.05) is 37.6 Å². The van der Waals surface area contributed by atoms with E-state index in [4.69, 9.17) is 22.1 Å². The summed E-state index contributed by atoms with van der Waals surface area (Å²) in [5.41, 5.74) is 6.74. The average Bonchev–Trinajstić information content (AvgIpc) is 2.54. The fraction of sp³-hybridized carbons (Fsp3) is 0.556. The van der Waals surface area contributed by atoms with Gasteiger partial charge in [-0.2, -0.15) is 0 Å². The summed E-state index contributed by atoms with van der Waals surface area (Å²) in [6.07, 6.45) is 0.239. The highest BCUT2D eigenvalue weighted by atomic mass is 127. The summed E-state index contributed by atoms with van der Waals surface area (Å²) in [6.45, 7) is 9.22. The van der Waals surface area contributed by atoms with Crippen LogP contribution < -0.4 is 10.6 Å². The zero-order valence-electron chi connectivity index (χ0n) is 15.6. The second-order valence-electron chi connectivity index (χ2n) is 7.03. The van der Waals surface area contributed by atoms with Crippen molar-refractivity contribution in [2.45, 2.75) is 32.8 Å². The summed E-state index contributed by atoms with van der Waals surface area (Å²) >= 11 is 5.93. The number of rotatable bonds is 4. The molecule has 0 radical (unpaired) electrons. The van der Waals surface area contributed by atoms with Crippen LogP contribution in [0.5, 0.6) is 0 Å². The van der Waals surface area contributed by atoms with Gasteiger partial charge in [0.1, 0.15) is 5.60 Å². The van der Waals surface area contributed by atoms with Crippen LogP contribution in [0.25, 0.3) is 0 Å². The van der Waals surface area contributed by atoms with E-state index in [1.165, 1.54) is 0 Å². The van der Waals surface area contributed by atoms with Gasteiger partial charge in [0.25, 0.3) is 0 Å². The minimum absolute atomic E-state index is 0. The number of nitrogens with zero attached hydrogens (tertiary/aromatic N) is 3. The number of guanidine groups is 1. The number of carbonyl (C=O) groups is 1. The average molecular weight is 495 g/mol. The smallest absolute Gasteiger partial charge is 0.308 e. The molecule has 26 heavy (non-hydrogen) atoms. The van der Waals surface area contributed by atoms with Crippen LogP contribution in [0.2, 0.25) is 5.02 Å². The van der Waals surface area contributed by atoms with Gasteiger partial charge in [0, 0.05) is 36.9 Å². The Morgan fingerprint density at radius 3 is 2.31 bits per heavy atom. The van der Waals surface area contributed by atoms with E-state index in [1.807, 2.05) is 49.9 Å². The van der Waals surface area contributed by atoms with Crippen LogP contribution in [0, 0.1) is 0 Å². The molecule has 146 valence electrons. The molecule has 0 unspecified atom stereocenters. The molecular formula is C18H28ClIN4O2. The molecule has 1 aliphatic heterocycles.